The molecule has 1 aliphatic heterocycles. The predicted octanol–water partition coefficient (Wildman–Crippen LogP) is 2.73. The van der Waals surface area contributed by atoms with Gasteiger partial charge in [0.15, 0.2) is 11.9 Å². The van der Waals surface area contributed by atoms with Gasteiger partial charge in [0.1, 0.15) is 0 Å². The Labute approximate surface area is 209 Å². The van der Waals surface area contributed by atoms with E-state index < -0.39 is 47.8 Å². The number of alkyl halides is 5. The van der Waals surface area contributed by atoms with Crippen molar-refractivity contribution in [3.63, 3.8) is 0 Å². The highest BCUT2D eigenvalue weighted by atomic mass is 19.4. The SMILES string of the molecule is COC1NC(=O)C(CNC(=O)C2=C(C3C=CC(C(F)(F)F)=CC3)C=C(C(F)F)CC2)(c2ccnn2C)N1. The van der Waals surface area contributed by atoms with Crippen LogP contribution in [-0.4, -0.2) is 54.2 Å². The van der Waals surface area contributed by atoms with Gasteiger partial charge in [-0.15, -0.1) is 0 Å². The van der Waals surface area contributed by atoms with Crippen LogP contribution in [0.3, 0.4) is 0 Å². The van der Waals surface area contributed by atoms with Gasteiger partial charge in [0.25, 0.3) is 12.3 Å². The van der Waals surface area contributed by atoms with Gasteiger partial charge in [0, 0.05) is 31.8 Å². The van der Waals surface area contributed by atoms with Crippen molar-refractivity contribution < 1.29 is 36.3 Å². The highest BCUT2D eigenvalue weighted by Crippen LogP contribution is 2.38. The lowest BCUT2D eigenvalue weighted by Crippen LogP contribution is -2.54. The third-order valence-electron chi connectivity index (χ3n) is 6.77. The topological polar surface area (TPSA) is 97.3 Å². The van der Waals surface area contributed by atoms with E-state index in [1.165, 1.54) is 30.1 Å². The smallest absolute Gasteiger partial charge is 0.349 e. The average molecular weight is 527 g/mol. The maximum atomic E-state index is 13.5. The van der Waals surface area contributed by atoms with Gasteiger partial charge in [-0.05, 0) is 36.5 Å². The van der Waals surface area contributed by atoms with E-state index in [0.29, 0.717) is 5.69 Å². The van der Waals surface area contributed by atoms with E-state index >= 15 is 0 Å². The van der Waals surface area contributed by atoms with E-state index in [1.54, 1.807) is 13.1 Å². The normalized spacial score (nSPS) is 26.3. The molecule has 3 aliphatic rings. The summed E-state index contributed by atoms with van der Waals surface area (Å²) in [5, 5.41) is 12.5. The molecule has 0 radical (unpaired) electrons. The number of hydrogen-bond donors (Lipinski definition) is 3. The number of carbonyl (C=O) groups is 2. The average Bonchev–Trinajstić information content (AvgIpc) is 3.44. The van der Waals surface area contributed by atoms with Crippen molar-refractivity contribution >= 4 is 11.8 Å². The number of nitrogens with zero attached hydrogens (tertiary/aromatic N) is 2. The molecule has 2 aliphatic carbocycles. The Morgan fingerprint density at radius 2 is 2.11 bits per heavy atom. The van der Waals surface area contributed by atoms with Crippen molar-refractivity contribution in [3.05, 3.63) is 64.6 Å². The quantitative estimate of drug-likeness (QED) is 0.474. The number of nitrogens with one attached hydrogen (secondary N) is 3. The number of hydrogen-bond acceptors (Lipinski definition) is 5. The Morgan fingerprint density at radius 1 is 1.35 bits per heavy atom. The standard InChI is InChI=1S/C24H26F5N5O3/c1-34-18(9-10-31-34)23(21(36)32-22(33-23)37-2)12-30-20(35)16-8-5-14(19(25)26)11-17(16)13-3-6-15(7-4-13)24(27,28)29/h3,6-7,9-11,13,19,22,33H,4-5,8,12H2,1-2H3,(H,30,35)(H,32,36). The largest absolute Gasteiger partial charge is 0.416 e. The minimum atomic E-state index is -4.53. The van der Waals surface area contributed by atoms with Crippen LogP contribution in [0.2, 0.25) is 0 Å². The molecule has 2 amide bonds. The van der Waals surface area contributed by atoms with Crippen molar-refractivity contribution in [2.75, 3.05) is 13.7 Å². The monoisotopic (exact) mass is 527 g/mol. The van der Waals surface area contributed by atoms with E-state index in [0.717, 1.165) is 12.2 Å². The van der Waals surface area contributed by atoms with Crippen LogP contribution >= 0.6 is 0 Å². The number of aromatic nitrogens is 2. The lowest BCUT2D eigenvalue weighted by Gasteiger charge is -2.29. The first-order chi connectivity index (χ1) is 17.5. The summed E-state index contributed by atoms with van der Waals surface area (Å²) < 4.78 is 72.7. The molecule has 0 bridgehead atoms. The van der Waals surface area contributed by atoms with E-state index in [2.05, 4.69) is 21.0 Å². The first kappa shape index (κ1) is 26.7. The fourth-order valence-corrected chi connectivity index (χ4v) is 4.79. The molecule has 1 fully saturated rings. The van der Waals surface area contributed by atoms with Gasteiger partial charge in [-0.25, -0.2) is 8.78 Å². The molecule has 3 unspecified atom stereocenters. The maximum Gasteiger partial charge on any atom is 0.416 e. The van der Waals surface area contributed by atoms with Crippen molar-refractivity contribution in [1.82, 2.24) is 25.7 Å². The molecule has 8 nitrogen and oxygen atoms in total. The fraction of sp³-hybridized carbons (Fsp3) is 0.458. The number of amides is 2. The van der Waals surface area contributed by atoms with Crippen LogP contribution in [0.25, 0.3) is 0 Å². The van der Waals surface area contributed by atoms with Crippen LogP contribution in [0.4, 0.5) is 22.0 Å². The zero-order valence-electron chi connectivity index (χ0n) is 20.0. The molecule has 0 saturated carbocycles. The highest BCUT2D eigenvalue weighted by molar-refractivity contribution is 5.96. The van der Waals surface area contributed by atoms with Crippen molar-refractivity contribution in [3.8, 4) is 0 Å². The van der Waals surface area contributed by atoms with Gasteiger partial charge in [-0.3, -0.25) is 19.6 Å². The lowest BCUT2D eigenvalue weighted by molar-refractivity contribution is -0.125. The molecule has 37 heavy (non-hydrogen) atoms. The second-order valence-electron chi connectivity index (χ2n) is 8.97. The Kier molecular flexibility index (Phi) is 7.38. The van der Waals surface area contributed by atoms with Crippen molar-refractivity contribution in [2.24, 2.45) is 13.0 Å². The third kappa shape index (κ3) is 5.23. The molecular formula is C24H26F5N5O3. The Hall–Kier alpha value is -3.32. The van der Waals surface area contributed by atoms with Gasteiger partial charge in [0.05, 0.1) is 17.8 Å². The molecule has 3 N–H and O–H groups in total. The Bertz CT molecular complexity index is 1200. The molecule has 1 aromatic heterocycles. The molecule has 4 rings (SSSR count). The number of methoxy groups -OCH3 is 1. The molecule has 0 spiro atoms. The fourth-order valence-electron chi connectivity index (χ4n) is 4.79. The number of rotatable bonds is 7. The minimum Gasteiger partial charge on any atom is -0.349 e. The van der Waals surface area contributed by atoms with Gasteiger partial charge >= 0.3 is 6.18 Å². The third-order valence-corrected chi connectivity index (χ3v) is 6.77. The molecule has 13 heteroatoms. The molecule has 0 aromatic carbocycles. The summed E-state index contributed by atoms with van der Waals surface area (Å²) in [4.78, 5) is 26.3. The molecule has 200 valence electrons. The van der Waals surface area contributed by atoms with Crippen LogP contribution < -0.4 is 16.0 Å². The van der Waals surface area contributed by atoms with Gasteiger partial charge in [-0.1, -0.05) is 24.3 Å². The molecule has 1 aromatic rings. The van der Waals surface area contributed by atoms with E-state index in [1.807, 2.05) is 0 Å². The zero-order valence-corrected chi connectivity index (χ0v) is 20.0. The second kappa shape index (κ2) is 10.2. The molecule has 3 atom stereocenters. The van der Waals surface area contributed by atoms with Crippen LogP contribution in [0.1, 0.15) is 25.0 Å². The Morgan fingerprint density at radius 3 is 2.65 bits per heavy atom. The number of allylic oxidation sites excluding steroid dienone is 7. The Balaban J connectivity index is 1.62. The van der Waals surface area contributed by atoms with Gasteiger partial charge < -0.3 is 15.4 Å². The number of ether oxygens (including phenoxy) is 1. The number of aryl methyl sites for hydroxylation is 1. The second-order valence-corrected chi connectivity index (χ2v) is 8.97. The van der Waals surface area contributed by atoms with Crippen molar-refractivity contribution in [2.45, 2.75) is 43.8 Å². The van der Waals surface area contributed by atoms with E-state index in [-0.39, 0.29) is 42.5 Å². The first-order valence-electron chi connectivity index (χ1n) is 11.5. The van der Waals surface area contributed by atoms with Gasteiger partial charge in [-0.2, -0.15) is 18.3 Å². The number of carbonyl (C=O) groups excluding carboxylic acids is 2. The van der Waals surface area contributed by atoms with Crippen LogP contribution in [0.15, 0.2) is 58.9 Å². The summed E-state index contributed by atoms with van der Waals surface area (Å²) in [5.41, 5.74) is -1.57. The predicted molar refractivity (Wildman–Crippen MR) is 122 cm³/mol. The summed E-state index contributed by atoms with van der Waals surface area (Å²) in [7, 11) is 3.02. The zero-order chi connectivity index (χ0) is 27.0. The highest BCUT2D eigenvalue weighted by Gasteiger charge is 2.50. The minimum absolute atomic E-state index is 0.0173. The van der Waals surface area contributed by atoms with E-state index in [9.17, 15) is 31.5 Å². The van der Waals surface area contributed by atoms with Gasteiger partial charge in [0.2, 0.25) is 5.91 Å². The first-order valence-corrected chi connectivity index (χ1v) is 11.5. The van der Waals surface area contributed by atoms with Crippen LogP contribution in [-0.2, 0) is 26.9 Å². The van der Waals surface area contributed by atoms with Crippen LogP contribution in [0, 0.1) is 5.92 Å². The summed E-state index contributed by atoms with van der Waals surface area (Å²) in [6, 6.07) is 1.61. The summed E-state index contributed by atoms with van der Waals surface area (Å²) in [5.74, 6) is -1.76. The van der Waals surface area contributed by atoms with Crippen molar-refractivity contribution in [1.29, 1.82) is 0 Å². The molecule has 1 saturated heterocycles. The van der Waals surface area contributed by atoms with Crippen LogP contribution in [0.5, 0.6) is 0 Å². The molecule has 2 heterocycles. The van der Waals surface area contributed by atoms with E-state index in [4.69, 9.17) is 4.74 Å². The summed E-state index contributed by atoms with van der Waals surface area (Å²) in [6.45, 7) is -0.224. The lowest BCUT2D eigenvalue weighted by atomic mass is 9.81. The summed E-state index contributed by atoms with van der Waals surface area (Å²) >= 11 is 0. The number of halogens is 5. The maximum absolute atomic E-state index is 13.5. The molecular weight excluding hydrogens is 501 g/mol. The summed E-state index contributed by atoms with van der Waals surface area (Å²) in [6.07, 6.45) is -2.41.